The molecule has 172 valence electrons. The van der Waals surface area contributed by atoms with Crippen LogP contribution in [0, 0.1) is 11.3 Å². The van der Waals surface area contributed by atoms with E-state index in [1.807, 2.05) is 12.1 Å². The van der Waals surface area contributed by atoms with Crippen molar-refractivity contribution in [3.8, 4) is 11.8 Å². The minimum atomic E-state index is -0.914. The Labute approximate surface area is 205 Å². The van der Waals surface area contributed by atoms with Gasteiger partial charge in [0.1, 0.15) is 0 Å². The summed E-state index contributed by atoms with van der Waals surface area (Å²) in [6, 6.07) is 21.1. The van der Waals surface area contributed by atoms with Crippen LogP contribution in [0.1, 0.15) is 27.7 Å². The Hall–Kier alpha value is -4.54. The number of nitrogens with zero attached hydrogens (tertiary/aromatic N) is 2. The molecule has 4 aromatic rings. The van der Waals surface area contributed by atoms with E-state index in [1.54, 1.807) is 60.7 Å². The molecular formula is C27H17ClN2O5. The number of anilines is 1. The molecule has 1 aliphatic rings. The van der Waals surface area contributed by atoms with E-state index in [2.05, 4.69) is 0 Å². The molecule has 0 saturated carbocycles. The topological polar surface area (TPSA) is 104 Å². The maximum Gasteiger partial charge on any atom is 0.294 e. The summed E-state index contributed by atoms with van der Waals surface area (Å²) < 4.78 is 11.1. The van der Waals surface area contributed by atoms with Gasteiger partial charge >= 0.3 is 0 Å². The number of ether oxygens (including phenoxy) is 1. The molecule has 2 heterocycles. The minimum absolute atomic E-state index is 0.0717. The summed E-state index contributed by atoms with van der Waals surface area (Å²) in [7, 11) is 1.46. The lowest BCUT2D eigenvalue weighted by Crippen LogP contribution is -2.31. The first kappa shape index (κ1) is 22.3. The molecule has 0 bridgehead atoms. The predicted molar refractivity (Wildman–Crippen MR) is 130 cm³/mol. The number of aliphatic hydroxyl groups excluding tert-OH is 1. The molecule has 0 radical (unpaired) electrons. The maximum absolute atomic E-state index is 13.7. The summed E-state index contributed by atoms with van der Waals surface area (Å²) in [5.41, 5.74) is 1.67. The van der Waals surface area contributed by atoms with Gasteiger partial charge in [-0.1, -0.05) is 41.9 Å². The Balaban J connectivity index is 1.65. The third kappa shape index (κ3) is 3.70. The van der Waals surface area contributed by atoms with Gasteiger partial charge < -0.3 is 14.3 Å². The molecule has 3 aromatic carbocycles. The number of fused-ring (bicyclic) bond motifs is 1. The molecule has 7 nitrogen and oxygen atoms in total. The van der Waals surface area contributed by atoms with Crippen molar-refractivity contribution in [1.82, 2.24) is 0 Å². The van der Waals surface area contributed by atoms with Gasteiger partial charge in [-0.25, -0.2) is 0 Å². The third-order valence-corrected chi connectivity index (χ3v) is 6.05. The van der Waals surface area contributed by atoms with E-state index in [1.165, 1.54) is 18.1 Å². The van der Waals surface area contributed by atoms with Crippen molar-refractivity contribution < 1.29 is 23.8 Å². The number of Topliss-reactive ketones (excluding diaryl/α,β-unsaturated/α-hetero) is 1. The lowest BCUT2D eigenvalue weighted by atomic mass is 9.94. The van der Waals surface area contributed by atoms with Crippen molar-refractivity contribution in [1.29, 1.82) is 5.26 Å². The lowest BCUT2D eigenvalue weighted by molar-refractivity contribution is -0.117. The third-order valence-electron chi connectivity index (χ3n) is 5.83. The van der Waals surface area contributed by atoms with E-state index in [4.69, 9.17) is 26.0 Å². The number of nitriles is 1. The SMILES string of the molecule is COc1cc(Cl)cc2cc(C(=O)C3=C(O)C(=O)N(c4ccc(C#N)cc4)C3c3ccccc3)oc12. The summed E-state index contributed by atoms with van der Waals surface area (Å²) in [4.78, 5) is 28.3. The number of ketones is 1. The molecule has 35 heavy (non-hydrogen) atoms. The second kappa shape index (κ2) is 8.67. The molecule has 1 atom stereocenters. The van der Waals surface area contributed by atoms with Crippen LogP contribution in [0.5, 0.6) is 5.75 Å². The molecule has 1 aliphatic heterocycles. The molecule has 5 rings (SSSR count). The van der Waals surface area contributed by atoms with E-state index in [9.17, 15) is 14.7 Å². The van der Waals surface area contributed by atoms with E-state index < -0.39 is 23.5 Å². The average Bonchev–Trinajstić information content (AvgIpc) is 3.42. The zero-order valence-corrected chi connectivity index (χ0v) is 19.1. The Morgan fingerprint density at radius 2 is 1.83 bits per heavy atom. The smallest absolute Gasteiger partial charge is 0.294 e. The number of methoxy groups -OCH3 is 1. The highest BCUT2D eigenvalue weighted by Crippen LogP contribution is 2.43. The van der Waals surface area contributed by atoms with Crippen molar-refractivity contribution in [3.63, 3.8) is 0 Å². The first-order chi connectivity index (χ1) is 16.9. The Morgan fingerprint density at radius 1 is 1.11 bits per heavy atom. The molecule has 0 fully saturated rings. The number of hydrogen-bond donors (Lipinski definition) is 1. The first-order valence-corrected chi connectivity index (χ1v) is 10.9. The van der Waals surface area contributed by atoms with Gasteiger partial charge in [0.05, 0.1) is 30.4 Å². The summed E-state index contributed by atoms with van der Waals surface area (Å²) >= 11 is 6.15. The number of rotatable bonds is 5. The number of aliphatic hydroxyl groups is 1. The summed E-state index contributed by atoms with van der Waals surface area (Å²) in [6.07, 6.45) is 0. The number of carbonyl (C=O) groups excluding carboxylic acids is 2. The fourth-order valence-corrected chi connectivity index (χ4v) is 4.45. The van der Waals surface area contributed by atoms with Crippen LogP contribution in [0.15, 0.2) is 88.5 Å². The Bertz CT molecular complexity index is 1550. The number of amides is 1. The van der Waals surface area contributed by atoms with Gasteiger partial charge in [0.15, 0.2) is 22.9 Å². The average molecular weight is 485 g/mol. The van der Waals surface area contributed by atoms with Gasteiger partial charge in [0.25, 0.3) is 5.91 Å². The van der Waals surface area contributed by atoms with Gasteiger partial charge in [-0.05, 0) is 42.0 Å². The van der Waals surface area contributed by atoms with Crippen LogP contribution in [-0.4, -0.2) is 23.9 Å². The second-order valence-electron chi connectivity index (χ2n) is 7.88. The van der Waals surface area contributed by atoms with Gasteiger partial charge in [-0.15, -0.1) is 0 Å². The number of carbonyl (C=O) groups is 2. The van der Waals surface area contributed by atoms with Crippen LogP contribution in [0.25, 0.3) is 11.0 Å². The summed E-state index contributed by atoms with van der Waals surface area (Å²) in [5, 5.41) is 21.0. The fourth-order valence-electron chi connectivity index (χ4n) is 4.23. The zero-order chi connectivity index (χ0) is 24.7. The van der Waals surface area contributed by atoms with Crippen LogP contribution in [0.2, 0.25) is 5.02 Å². The molecular weight excluding hydrogens is 468 g/mol. The minimum Gasteiger partial charge on any atom is -0.503 e. The van der Waals surface area contributed by atoms with Crippen LogP contribution >= 0.6 is 11.6 Å². The van der Waals surface area contributed by atoms with Crippen LogP contribution < -0.4 is 9.64 Å². The Kier molecular flexibility index (Phi) is 5.51. The second-order valence-corrected chi connectivity index (χ2v) is 8.31. The largest absolute Gasteiger partial charge is 0.503 e. The number of furan rings is 1. The number of hydrogen-bond acceptors (Lipinski definition) is 6. The van der Waals surface area contributed by atoms with Crippen molar-refractivity contribution >= 4 is 39.9 Å². The Morgan fingerprint density at radius 3 is 2.49 bits per heavy atom. The normalized spacial score (nSPS) is 15.5. The molecule has 0 saturated heterocycles. The predicted octanol–water partition coefficient (Wildman–Crippen LogP) is 5.75. The maximum atomic E-state index is 13.7. The van der Waals surface area contributed by atoms with Crippen LogP contribution in [0.4, 0.5) is 5.69 Å². The molecule has 8 heteroatoms. The zero-order valence-electron chi connectivity index (χ0n) is 18.4. The molecule has 1 amide bonds. The molecule has 0 spiro atoms. The van der Waals surface area contributed by atoms with E-state index in [0.29, 0.717) is 38.6 Å². The fraction of sp³-hybridized carbons (Fsp3) is 0.0741. The summed E-state index contributed by atoms with van der Waals surface area (Å²) in [6.45, 7) is 0. The quantitative estimate of drug-likeness (QED) is 0.362. The lowest BCUT2D eigenvalue weighted by Gasteiger charge is -2.26. The van der Waals surface area contributed by atoms with Crippen molar-refractivity contribution in [2.24, 2.45) is 0 Å². The van der Waals surface area contributed by atoms with Crippen molar-refractivity contribution in [3.05, 3.63) is 106 Å². The summed E-state index contributed by atoms with van der Waals surface area (Å²) in [5.74, 6) is -1.76. The molecule has 1 N–H and O–H groups in total. The monoisotopic (exact) mass is 484 g/mol. The molecule has 1 unspecified atom stereocenters. The number of benzene rings is 3. The van der Waals surface area contributed by atoms with Crippen molar-refractivity contribution in [2.45, 2.75) is 6.04 Å². The standard InChI is InChI=1S/C27H17ClN2O5/c1-34-21-13-18(28)11-17-12-20(35-26(17)21)24(31)22-23(16-5-3-2-4-6-16)30(27(33)25(22)32)19-9-7-15(14-29)8-10-19/h2-13,23,32H,1H3. The van der Waals surface area contributed by atoms with Crippen LogP contribution in [0.3, 0.4) is 0 Å². The number of halogens is 1. The first-order valence-electron chi connectivity index (χ1n) is 10.6. The van der Waals surface area contributed by atoms with Crippen molar-refractivity contribution in [2.75, 3.05) is 12.0 Å². The van der Waals surface area contributed by atoms with E-state index in [-0.39, 0.29) is 11.3 Å². The van der Waals surface area contributed by atoms with Gasteiger partial charge in [-0.3, -0.25) is 14.5 Å². The van der Waals surface area contributed by atoms with Gasteiger partial charge in [0.2, 0.25) is 5.78 Å². The molecule has 0 aliphatic carbocycles. The van der Waals surface area contributed by atoms with Crippen LogP contribution in [-0.2, 0) is 4.79 Å². The molecule has 1 aromatic heterocycles. The highest BCUT2D eigenvalue weighted by molar-refractivity contribution is 6.31. The van der Waals surface area contributed by atoms with Gasteiger partial charge in [-0.2, -0.15) is 5.26 Å². The highest BCUT2D eigenvalue weighted by atomic mass is 35.5. The van der Waals surface area contributed by atoms with E-state index in [0.717, 1.165) is 0 Å². The highest BCUT2D eigenvalue weighted by Gasteiger charge is 2.45. The van der Waals surface area contributed by atoms with E-state index >= 15 is 0 Å². The van der Waals surface area contributed by atoms with Gasteiger partial charge in [0, 0.05) is 22.2 Å².